The van der Waals surface area contributed by atoms with Crippen molar-refractivity contribution in [2.24, 2.45) is 0 Å². The van der Waals surface area contributed by atoms with Crippen LogP contribution in [0.2, 0.25) is 0 Å². The number of nitrogens with zero attached hydrogens (tertiary/aromatic N) is 3. The van der Waals surface area contributed by atoms with Crippen LogP contribution in [0.5, 0.6) is 0 Å². The molecule has 0 spiro atoms. The van der Waals surface area contributed by atoms with E-state index < -0.39 is 6.10 Å². The summed E-state index contributed by atoms with van der Waals surface area (Å²) in [6, 6.07) is 9.04. The van der Waals surface area contributed by atoms with Crippen LogP contribution < -0.4 is 11.1 Å². The molecule has 0 fully saturated rings. The Morgan fingerprint density at radius 3 is 2.80 bits per heavy atom. The number of aliphatic hydroxyl groups is 1. The Kier molecular flexibility index (Phi) is 3.22. The molecule has 6 nitrogen and oxygen atoms in total. The van der Waals surface area contributed by atoms with Crippen LogP contribution in [0.3, 0.4) is 0 Å². The fourth-order valence-corrected chi connectivity index (χ4v) is 2.02. The summed E-state index contributed by atoms with van der Waals surface area (Å²) in [6.07, 6.45) is 4.52. The molecule has 2 aromatic heterocycles. The topological polar surface area (TPSA) is 88.5 Å². The molecule has 1 aromatic carbocycles. The van der Waals surface area contributed by atoms with Crippen LogP contribution in [0.15, 0.2) is 48.9 Å². The molecule has 0 bridgehead atoms. The molecule has 1 atom stereocenters. The van der Waals surface area contributed by atoms with Crippen molar-refractivity contribution in [1.29, 1.82) is 0 Å². The van der Waals surface area contributed by atoms with Gasteiger partial charge in [0.25, 0.3) is 0 Å². The second kappa shape index (κ2) is 5.18. The molecule has 3 aromatic rings. The molecule has 2 heterocycles. The zero-order valence-corrected chi connectivity index (χ0v) is 10.8. The smallest absolute Gasteiger partial charge is 0.152 e. The average molecular weight is 269 g/mol. The summed E-state index contributed by atoms with van der Waals surface area (Å²) < 4.78 is 1.73. The van der Waals surface area contributed by atoms with Gasteiger partial charge in [-0.2, -0.15) is 5.10 Å². The van der Waals surface area contributed by atoms with Crippen LogP contribution in [-0.2, 0) is 0 Å². The van der Waals surface area contributed by atoms with Crippen LogP contribution in [0.25, 0.3) is 5.52 Å². The van der Waals surface area contributed by atoms with Crippen molar-refractivity contribution < 1.29 is 5.11 Å². The Bertz CT molecular complexity index is 707. The predicted octanol–water partition coefficient (Wildman–Crippen LogP) is 1.46. The van der Waals surface area contributed by atoms with Gasteiger partial charge in [0.05, 0.1) is 12.3 Å². The number of nitrogen functional groups attached to an aromatic ring is 1. The minimum Gasteiger partial charge on any atom is -0.399 e. The zero-order chi connectivity index (χ0) is 13.9. The highest BCUT2D eigenvalue weighted by atomic mass is 16.3. The Hall–Kier alpha value is -2.60. The van der Waals surface area contributed by atoms with Gasteiger partial charge in [-0.25, -0.2) is 9.50 Å². The van der Waals surface area contributed by atoms with Crippen molar-refractivity contribution in [2.75, 3.05) is 17.6 Å². The molecule has 0 saturated carbocycles. The zero-order valence-electron chi connectivity index (χ0n) is 10.8. The largest absolute Gasteiger partial charge is 0.399 e. The number of hydrogen-bond acceptors (Lipinski definition) is 5. The third-order valence-corrected chi connectivity index (χ3v) is 3.11. The monoisotopic (exact) mass is 269 g/mol. The summed E-state index contributed by atoms with van der Waals surface area (Å²) in [4.78, 5) is 4.26. The average Bonchev–Trinajstić information content (AvgIpc) is 2.94. The van der Waals surface area contributed by atoms with Crippen molar-refractivity contribution in [2.45, 2.75) is 6.10 Å². The number of benzene rings is 1. The van der Waals surface area contributed by atoms with Gasteiger partial charge in [0.15, 0.2) is 5.82 Å². The van der Waals surface area contributed by atoms with Gasteiger partial charge in [-0.15, -0.1) is 0 Å². The molecule has 0 aliphatic rings. The van der Waals surface area contributed by atoms with Crippen LogP contribution in [0.1, 0.15) is 11.7 Å². The van der Waals surface area contributed by atoms with Crippen molar-refractivity contribution in [3.05, 3.63) is 54.5 Å². The molecule has 0 aliphatic heterocycles. The maximum atomic E-state index is 10.1. The Morgan fingerprint density at radius 2 is 2.00 bits per heavy atom. The molecule has 0 radical (unpaired) electrons. The maximum Gasteiger partial charge on any atom is 0.152 e. The number of anilines is 2. The number of hydrogen-bond donors (Lipinski definition) is 3. The molecule has 3 rings (SSSR count). The highest BCUT2D eigenvalue weighted by molar-refractivity contribution is 5.66. The van der Waals surface area contributed by atoms with Crippen molar-refractivity contribution in [1.82, 2.24) is 14.6 Å². The van der Waals surface area contributed by atoms with Gasteiger partial charge >= 0.3 is 0 Å². The third kappa shape index (κ3) is 2.41. The van der Waals surface area contributed by atoms with Crippen LogP contribution >= 0.6 is 0 Å². The van der Waals surface area contributed by atoms with Gasteiger partial charge in [-0.1, -0.05) is 12.1 Å². The number of nitrogens with two attached hydrogens (primary N) is 1. The summed E-state index contributed by atoms with van der Waals surface area (Å²) in [5, 5.41) is 17.4. The minimum atomic E-state index is -0.624. The molecule has 0 aliphatic carbocycles. The second-order valence-electron chi connectivity index (χ2n) is 4.50. The summed E-state index contributed by atoms with van der Waals surface area (Å²) in [6.45, 7) is 0.363. The van der Waals surface area contributed by atoms with E-state index in [-0.39, 0.29) is 0 Å². The molecule has 102 valence electrons. The molecule has 1 unspecified atom stereocenters. The van der Waals surface area contributed by atoms with E-state index in [1.54, 1.807) is 35.2 Å². The Labute approximate surface area is 115 Å². The predicted molar refractivity (Wildman–Crippen MR) is 77.3 cm³/mol. The van der Waals surface area contributed by atoms with Crippen LogP contribution in [0.4, 0.5) is 11.5 Å². The number of aromatic nitrogens is 3. The summed E-state index contributed by atoms with van der Waals surface area (Å²) in [5.74, 6) is 0.694. The normalized spacial score (nSPS) is 12.4. The highest BCUT2D eigenvalue weighted by Crippen LogP contribution is 2.17. The molecule has 20 heavy (non-hydrogen) atoms. The van der Waals surface area contributed by atoms with Gasteiger partial charge < -0.3 is 16.2 Å². The van der Waals surface area contributed by atoms with Crippen molar-refractivity contribution in [3.8, 4) is 0 Å². The van der Waals surface area contributed by atoms with E-state index in [0.717, 1.165) is 11.1 Å². The van der Waals surface area contributed by atoms with E-state index in [1.807, 2.05) is 18.2 Å². The summed E-state index contributed by atoms with van der Waals surface area (Å²) in [5.41, 5.74) is 7.99. The Balaban J connectivity index is 1.73. The van der Waals surface area contributed by atoms with Gasteiger partial charge in [0, 0.05) is 24.6 Å². The number of aliphatic hydroxyl groups excluding tert-OH is 1. The van der Waals surface area contributed by atoms with Gasteiger partial charge in [-0.05, 0) is 23.8 Å². The fourth-order valence-electron chi connectivity index (χ4n) is 2.02. The fraction of sp³-hybridized carbons (Fsp3) is 0.143. The maximum absolute atomic E-state index is 10.1. The van der Waals surface area contributed by atoms with Crippen molar-refractivity contribution in [3.63, 3.8) is 0 Å². The van der Waals surface area contributed by atoms with E-state index in [2.05, 4.69) is 15.4 Å². The highest BCUT2D eigenvalue weighted by Gasteiger charge is 2.09. The molecule has 6 heteroatoms. The molecular weight excluding hydrogens is 254 g/mol. The molecule has 0 amide bonds. The molecular formula is C14H15N5O. The molecule has 4 N–H and O–H groups in total. The number of fused-ring (bicyclic) bond motifs is 1. The van der Waals surface area contributed by atoms with E-state index in [1.165, 1.54) is 0 Å². The van der Waals surface area contributed by atoms with Gasteiger partial charge in [-0.3, -0.25) is 0 Å². The van der Waals surface area contributed by atoms with E-state index in [9.17, 15) is 5.11 Å². The van der Waals surface area contributed by atoms with Crippen LogP contribution in [-0.4, -0.2) is 26.2 Å². The number of rotatable bonds is 4. The van der Waals surface area contributed by atoms with Gasteiger partial charge in [0.2, 0.25) is 0 Å². The van der Waals surface area contributed by atoms with Crippen LogP contribution in [0, 0.1) is 0 Å². The standard InChI is InChI=1S/C14H15N5O/c15-11-3-1-10(2-4-11)13(20)9-17-14-12-5-6-18-19(12)8-7-16-14/h1-8,13,20H,9,15H2,(H,16,17). The van der Waals surface area contributed by atoms with E-state index >= 15 is 0 Å². The lowest BCUT2D eigenvalue weighted by molar-refractivity contribution is 0.191. The number of nitrogens with one attached hydrogen (secondary N) is 1. The lowest BCUT2D eigenvalue weighted by Gasteiger charge is -2.13. The third-order valence-electron chi connectivity index (χ3n) is 3.11. The Morgan fingerprint density at radius 1 is 1.20 bits per heavy atom. The van der Waals surface area contributed by atoms with Crippen molar-refractivity contribution >= 4 is 17.0 Å². The molecule has 0 saturated heterocycles. The first-order chi connectivity index (χ1) is 9.74. The van der Waals surface area contributed by atoms with Gasteiger partial charge in [0.1, 0.15) is 5.52 Å². The summed E-state index contributed by atoms with van der Waals surface area (Å²) >= 11 is 0. The summed E-state index contributed by atoms with van der Waals surface area (Å²) in [7, 11) is 0. The minimum absolute atomic E-state index is 0.363. The lowest BCUT2D eigenvalue weighted by atomic mass is 10.1. The van der Waals surface area contributed by atoms with E-state index in [0.29, 0.717) is 18.1 Å². The first kappa shape index (κ1) is 12.4. The SMILES string of the molecule is Nc1ccc(C(O)CNc2nccn3nccc23)cc1. The first-order valence-corrected chi connectivity index (χ1v) is 6.30. The first-order valence-electron chi connectivity index (χ1n) is 6.30. The lowest BCUT2D eigenvalue weighted by Crippen LogP contribution is -2.13. The quantitative estimate of drug-likeness (QED) is 0.624. The van der Waals surface area contributed by atoms with E-state index in [4.69, 9.17) is 5.73 Å². The second-order valence-corrected chi connectivity index (χ2v) is 4.50.